The first-order valence-corrected chi connectivity index (χ1v) is 11.5. The number of halogens is 1. The molecule has 2 heterocycles. The number of carbonyl (C=O) groups is 1. The van der Waals surface area contributed by atoms with Gasteiger partial charge in [-0.25, -0.2) is 9.37 Å². The van der Waals surface area contributed by atoms with Gasteiger partial charge in [-0.1, -0.05) is 18.2 Å². The maximum Gasteiger partial charge on any atom is 0.251 e. The van der Waals surface area contributed by atoms with Gasteiger partial charge in [-0.2, -0.15) is 0 Å². The highest BCUT2D eigenvalue weighted by Gasteiger charge is 2.21. The molecule has 7 heteroatoms. The zero-order chi connectivity index (χ0) is 23.5. The number of nitrogens with zero attached hydrogens (tertiary/aromatic N) is 3. The van der Waals surface area contributed by atoms with E-state index in [4.69, 9.17) is 4.74 Å². The van der Waals surface area contributed by atoms with E-state index in [9.17, 15) is 9.18 Å². The molecule has 0 saturated carbocycles. The number of imidazole rings is 1. The Balaban J connectivity index is 1.15. The molecule has 1 aliphatic heterocycles. The fraction of sp³-hybridized carbons (Fsp3) is 0.259. The fourth-order valence-electron chi connectivity index (χ4n) is 4.51. The SMILES string of the molecule is COc1ccc(CN2CCC(NC(=O)c3ccc(-n4cnc5ccccc54)cc3)CC2)cc1F. The van der Waals surface area contributed by atoms with Crippen molar-refractivity contribution < 1.29 is 13.9 Å². The Bertz CT molecular complexity index is 1290. The number of likely N-dealkylation sites (tertiary alicyclic amines) is 1. The van der Waals surface area contributed by atoms with Crippen LogP contribution in [0.4, 0.5) is 4.39 Å². The molecule has 0 spiro atoms. The van der Waals surface area contributed by atoms with Crippen molar-refractivity contribution in [3.63, 3.8) is 0 Å². The lowest BCUT2D eigenvalue weighted by molar-refractivity contribution is 0.0909. The van der Waals surface area contributed by atoms with E-state index >= 15 is 0 Å². The average Bonchev–Trinajstić information content (AvgIpc) is 3.30. The lowest BCUT2D eigenvalue weighted by Crippen LogP contribution is -2.44. The largest absolute Gasteiger partial charge is 0.494 e. The molecule has 34 heavy (non-hydrogen) atoms. The highest BCUT2D eigenvalue weighted by Crippen LogP contribution is 2.21. The first-order valence-electron chi connectivity index (χ1n) is 11.5. The van der Waals surface area contributed by atoms with E-state index in [1.807, 2.05) is 59.2 Å². The number of carbonyl (C=O) groups excluding carboxylic acids is 1. The first-order chi connectivity index (χ1) is 16.6. The molecule has 1 aromatic heterocycles. The van der Waals surface area contributed by atoms with Gasteiger partial charge in [0, 0.05) is 36.9 Å². The van der Waals surface area contributed by atoms with Gasteiger partial charge in [-0.3, -0.25) is 14.3 Å². The minimum atomic E-state index is -0.339. The van der Waals surface area contributed by atoms with E-state index in [2.05, 4.69) is 15.2 Å². The Morgan fingerprint density at radius 3 is 2.59 bits per heavy atom. The topological polar surface area (TPSA) is 59.4 Å². The van der Waals surface area contributed by atoms with Crippen molar-refractivity contribution in [2.75, 3.05) is 20.2 Å². The maximum absolute atomic E-state index is 13.9. The summed E-state index contributed by atoms with van der Waals surface area (Å²) in [6.45, 7) is 2.39. The number of ether oxygens (including phenoxy) is 1. The maximum atomic E-state index is 13.9. The van der Waals surface area contributed by atoms with Crippen LogP contribution in [-0.2, 0) is 6.54 Å². The summed E-state index contributed by atoms with van der Waals surface area (Å²) in [6, 6.07) is 20.8. The van der Waals surface area contributed by atoms with Gasteiger partial charge in [0.05, 0.1) is 18.1 Å². The van der Waals surface area contributed by atoms with Crippen LogP contribution in [0.15, 0.2) is 73.1 Å². The number of amides is 1. The van der Waals surface area contributed by atoms with Crippen LogP contribution < -0.4 is 10.1 Å². The predicted octanol–water partition coefficient (Wildman–Crippen LogP) is 4.57. The quantitative estimate of drug-likeness (QED) is 0.460. The van der Waals surface area contributed by atoms with Gasteiger partial charge in [0.25, 0.3) is 5.91 Å². The third-order valence-electron chi connectivity index (χ3n) is 6.41. The fourth-order valence-corrected chi connectivity index (χ4v) is 4.51. The number of hydrogen-bond acceptors (Lipinski definition) is 4. The van der Waals surface area contributed by atoms with E-state index in [1.54, 1.807) is 12.4 Å². The van der Waals surface area contributed by atoms with Crippen molar-refractivity contribution >= 4 is 16.9 Å². The number of aromatic nitrogens is 2. The molecule has 0 bridgehead atoms. The third-order valence-corrected chi connectivity index (χ3v) is 6.41. The number of piperidine rings is 1. The number of rotatable bonds is 6. The number of fused-ring (bicyclic) bond motifs is 1. The Labute approximate surface area is 198 Å². The van der Waals surface area contributed by atoms with E-state index in [1.165, 1.54) is 13.2 Å². The Morgan fingerprint density at radius 2 is 1.85 bits per heavy atom. The summed E-state index contributed by atoms with van der Waals surface area (Å²) >= 11 is 0. The van der Waals surface area contributed by atoms with Crippen LogP contribution in [0.2, 0.25) is 0 Å². The van der Waals surface area contributed by atoms with Gasteiger partial charge >= 0.3 is 0 Å². The van der Waals surface area contributed by atoms with Crippen molar-refractivity contribution in [2.24, 2.45) is 0 Å². The molecule has 3 aromatic carbocycles. The summed E-state index contributed by atoms with van der Waals surface area (Å²) in [7, 11) is 1.47. The highest BCUT2D eigenvalue weighted by atomic mass is 19.1. The molecule has 0 atom stereocenters. The molecule has 6 nitrogen and oxygen atoms in total. The second-order valence-electron chi connectivity index (χ2n) is 8.64. The second-order valence-corrected chi connectivity index (χ2v) is 8.64. The lowest BCUT2D eigenvalue weighted by atomic mass is 10.0. The number of nitrogens with one attached hydrogen (secondary N) is 1. The molecule has 5 rings (SSSR count). The number of hydrogen-bond donors (Lipinski definition) is 1. The van der Waals surface area contributed by atoms with E-state index in [-0.39, 0.29) is 23.5 Å². The highest BCUT2D eigenvalue weighted by molar-refractivity contribution is 5.94. The van der Waals surface area contributed by atoms with Gasteiger partial charge in [-0.15, -0.1) is 0 Å². The van der Waals surface area contributed by atoms with Gasteiger partial charge in [0.1, 0.15) is 6.33 Å². The summed E-state index contributed by atoms with van der Waals surface area (Å²) in [6.07, 6.45) is 3.53. The van der Waals surface area contributed by atoms with Gasteiger partial charge in [0.2, 0.25) is 0 Å². The van der Waals surface area contributed by atoms with Crippen LogP contribution in [0.3, 0.4) is 0 Å². The normalized spacial score (nSPS) is 14.9. The van der Waals surface area contributed by atoms with Gasteiger partial charge in [-0.05, 0) is 66.9 Å². The van der Waals surface area contributed by atoms with Gasteiger partial charge < -0.3 is 10.1 Å². The average molecular weight is 459 g/mol. The van der Waals surface area contributed by atoms with E-state index < -0.39 is 0 Å². The second kappa shape index (κ2) is 9.65. The molecule has 1 saturated heterocycles. The molecule has 4 aromatic rings. The summed E-state index contributed by atoms with van der Waals surface area (Å²) in [4.78, 5) is 19.5. The first kappa shape index (κ1) is 22.1. The summed E-state index contributed by atoms with van der Waals surface area (Å²) in [5.41, 5.74) is 4.50. The molecular formula is C27H27FN4O2. The smallest absolute Gasteiger partial charge is 0.251 e. The van der Waals surface area contributed by atoms with Crippen molar-refractivity contribution in [3.8, 4) is 11.4 Å². The molecule has 174 valence electrons. The molecule has 1 fully saturated rings. The van der Waals surface area contributed by atoms with Crippen LogP contribution in [0.25, 0.3) is 16.7 Å². The number of benzene rings is 3. The molecule has 1 amide bonds. The molecule has 1 aliphatic rings. The standard InChI is InChI=1S/C27H27FN4O2/c1-34-26-11-6-19(16-23(26)28)17-31-14-12-21(13-15-31)30-27(33)20-7-9-22(10-8-20)32-18-29-24-4-2-3-5-25(24)32/h2-11,16,18,21H,12-15,17H2,1H3,(H,30,33). The molecule has 0 aliphatic carbocycles. The Hall–Kier alpha value is -3.71. The van der Waals surface area contributed by atoms with E-state index in [0.717, 1.165) is 48.2 Å². The minimum absolute atomic E-state index is 0.0577. The predicted molar refractivity (Wildman–Crippen MR) is 130 cm³/mol. The van der Waals surface area contributed by atoms with Crippen LogP contribution >= 0.6 is 0 Å². The zero-order valence-electron chi connectivity index (χ0n) is 19.1. The van der Waals surface area contributed by atoms with E-state index in [0.29, 0.717) is 12.1 Å². The van der Waals surface area contributed by atoms with Crippen molar-refractivity contribution in [1.82, 2.24) is 19.8 Å². The Morgan fingerprint density at radius 1 is 1.09 bits per heavy atom. The van der Waals surface area contributed by atoms with Gasteiger partial charge in [0.15, 0.2) is 11.6 Å². The van der Waals surface area contributed by atoms with Crippen LogP contribution in [0, 0.1) is 5.82 Å². The van der Waals surface area contributed by atoms with Crippen molar-refractivity contribution in [1.29, 1.82) is 0 Å². The monoisotopic (exact) mass is 458 g/mol. The number of para-hydroxylation sites is 2. The summed E-state index contributed by atoms with van der Waals surface area (Å²) < 4.78 is 21.0. The third kappa shape index (κ3) is 4.65. The molecular weight excluding hydrogens is 431 g/mol. The van der Waals surface area contributed by atoms with Crippen LogP contribution in [-0.4, -0.2) is 46.6 Å². The van der Waals surface area contributed by atoms with Crippen LogP contribution in [0.1, 0.15) is 28.8 Å². The molecule has 0 radical (unpaired) electrons. The van der Waals surface area contributed by atoms with Crippen molar-refractivity contribution in [2.45, 2.75) is 25.4 Å². The van der Waals surface area contributed by atoms with Crippen molar-refractivity contribution in [3.05, 3.63) is 90.0 Å². The molecule has 1 N–H and O–H groups in total. The van der Waals surface area contributed by atoms with Crippen LogP contribution in [0.5, 0.6) is 5.75 Å². The summed E-state index contributed by atoms with van der Waals surface area (Å²) in [5.74, 6) is -0.135. The Kier molecular flexibility index (Phi) is 6.27. The molecule has 0 unspecified atom stereocenters. The minimum Gasteiger partial charge on any atom is -0.494 e. The zero-order valence-corrected chi connectivity index (χ0v) is 19.1. The summed E-state index contributed by atoms with van der Waals surface area (Å²) in [5, 5.41) is 3.17. The number of methoxy groups -OCH3 is 1. The lowest BCUT2D eigenvalue weighted by Gasteiger charge is -2.32.